The number of hydrogen-bond donors (Lipinski definition) is 1. The van der Waals surface area contributed by atoms with Gasteiger partial charge in [-0.2, -0.15) is 0 Å². The van der Waals surface area contributed by atoms with E-state index in [-0.39, 0.29) is 11.3 Å². The molecule has 3 nitrogen and oxygen atoms in total. The van der Waals surface area contributed by atoms with E-state index in [1.54, 1.807) is 0 Å². The Morgan fingerprint density at radius 2 is 2.21 bits per heavy atom. The molecule has 0 spiro atoms. The van der Waals surface area contributed by atoms with Crippen LogP contribution in [0.5, 0.6) is 0 Å². The van der Waals surface area contributed by atoms with E-state index in [4.69, 9.17) is 5.11 Å². The smallest absolute Gasteiger partial charge is 0.307 e. The molecule has 0 saturated heterocycles. The number of hydrogen-bond acceptors (Lipinski definition) is 2. The second kappa shape index (κ2) is 3.07. The zero-order chi connectivity index (χ0) is 10.3. The van der Waals surface area contributed by atoms with E-state index in [2.05, 4.69) is 6.92 Å². The van der Waals surface area contributed by atoms with Crippen LogP contribution >= 0.6 is 0 Å². The molecule has 0 amide bonds. The molecule has 1 N–H and O–H groups in total. The molecule has 3 atom stereocenters. The summed E-state index contributed by atoms with van der Waals surface area (Å²) < 4.78 is 0. The van der Waals surface area contributed by atoms with E-state index in [0.29, 0.717) is 24.5 Å². The molecule has 0 aromatic heterocycles. The van der Waals surface area contributed by atoms with E-state index in [0.717, 1.165) is 19.3 Å². The number of aliphatic carboxylic acids is 1. The topological polar surface area (TPSA) is 54.4 Å². The zero-order valence-electron chi connectivity index (χ0n) is 8.45. The first kappa shape index (κ1) is 9.69. The molecule has 2 aliphatic carbocycles. The zero-order valence-corrected chi connectivity index (χ0v) is 8.45. The Morgan fingerprint density at radius 3 is 2.86 bits per heavy atom. The van der Waals surface area contributed by atoms with Gasteiger partial charge in [0.25, 0.3) is 0 Å². The highest BCUT2D eigenvalue weighted by Gasteiger charge is 2.52. The summed E-state index contributed by atoms with van der Waals surface area (Å²) in [5, 5.41) is 9.10. The normalized spacial score (nSPS) is 42.2. The lowest BCUT2D eigenvalue weighted by Crippen LogP contribution is -2.38. The maximum atomic E-state index is 11.3. The molecule has 78 valence electrons. The summed E-state index contributed by atoms with van der Waals surface area (Å²) in [4.78, 5) is 22.3. The average Bonchev–Trinajstić information content (AvgIpc) is 2.43. The average molecular weight is 196 g/mol. The number of fused-ring (bicyclic) bond motifs is 1. The van der Waals surface area contributed by atoms with Gasteiger partial charge in [-0.1, -0.05) is 6.92 Å². The first-order valence-corrected chi connectivity index (χ1v) is 5.28. The monoisotopic (exact) mass is 196 g/mol. The third-order valence-electron chi connectivity index (χ3n) is 4.25. The van der Waals surface area contributed by atoms with Crippen molar-refractivity contribution in [1.82, 2.24) is 0 Å². The van der Waals surface area contributed by atoms with E-state index < -0.39 is 5.97 Å². The van der Waals surface area contributed by atoms with Crippen molar-refractivity contribution >= 4 is 11.8 Å². The van der Waals surface area contributed by atoms with Crippen LogP contribution in [0.2, 0.25) is 0 Å². The van der Waals surface area contributed by atoms with Gasteiger partial charge in [0.15, 0.2) is 0 Å². The minimum atomic E-state index is -0.677. The highest BCUT2D eigenvalue weighted by atomic mass is 16.4. The van der Waals surface area contributed by atoms with Gasteiger partial charge in [0.1, 0.15) is 5.78 Å². The van der Waals surface area contributed by atoms with Crippen molar-refractivity contribution in [2.75, 3.05) is 0 Å². The maximum Gasteiger partial charge on any atom is 0.307 e. The minimum Gasteiger partial charge on any atom is -0.481 e. The quantitative estimate of drug-likeness (QED) is 0.696. The number of Topliss-reactive ketones (excluding diaryl/α,β-unsaturated/α-hetero) is 1. The van der Waals surface area contributed by atoms with Crippen molar-refractivity contribution in [3.05, 3.63) is 0 Å². The van der Waals surface area contributed by atoms with Gasteiger partial charge in [-0.3, -0.25) is 9.59 Å². The van der Waals surface area contributed by atoms with Crippen LogP contribution in [0.1, 0.15) is 39.0 Å². The van der Waals surface area contributed by atoms with Gasteiger partial charge >= 0.3 is 5.97 Å². The number of rotatable bonds is 1. The van der Waals surface area contributed by atoms with Crippen LogP contribution < -0.4 is 0 Å². The SMILES string of the molecule is C[C@@]12CCC(=O)C[C@@H]1CC[C@H]2C(=O)O. The largest absolute Gasteiger partial charge is 0.481 e. The van der Waals surface area contributed by atoms with Crippen LogP contribution in [0.25, 0.3) is 0 Å². The van der Waals surface area contributed by atoms with Crippen molar-refractivity contribution in [1.29, 1.82) is 0 Å². The Hall–Kier alpha value is -0.860. The van der Waals surface area contributed by atoms with Crippen LogP contribution in [0.15, 0.2) is 0 Å². The van der Waals surface area contributed by atoms with E-state index in [1.807, 2.05) is 0 Å². The van der Waals surface area contributed by atoms with Crippen molar-refractivity contribution in [2.45, 2.75) is 39.0 Å². The lowest BCUT2D eigenvalue weighted by Gasteiger charge is -2.38. The summed E-state index contributed by atoms with van der Waals surface area (Å²) in [6, 6.07) is 0. The van der Waals surface area contributed by atoms with Crippen molar-refractivity contribution in [2.24, 2.45) is 17.3 Å². The number of carboxylic acids is 1. The molecule has 0 aromatic rings. The lowest BCUT2D eigenvalue weighted by atomic mass is 9.65. The van der Waals surface area contributed by atoms with Crippen LogP contribution in [-0.2, 0) is 9.59 Å². The molecule has 2 rings (SSSR count). The molecule has 0 unspecified atom stereocenters. The Labute approximate surface area is 83.5 Å². The van der Waals surface area contributed by atoms with E-state index >= 15 is 0 Å². The van der Waals surface area contributed by atoms with Crippen molar-refractivity contribution < 1.29 is 14.7 Å². The molecule has 0 bridgehead atoms. The fourth-order valence-electron chi connectivity index (χ4n) is 3.22. The standard InChI is InChI=1S/C11H16O3/c1-11-5-4-8(12)6-7(11)2-3-9(11)10(13)14/h7,9H,2-6H2,1H3,(H,13,14)/t7-,9-,11+/m0/s1. The summed E-state index contributed by atoms with van der Waals surface area (Å²) in [5.74, 6) is -0.256. The number of carbonyl (C=O) groups is 2. The first-order chi connectivity index (χ1) is 6.54. The molecule has 2 saturated carbocycles. The number of ketones is 1. The third kappa shape index (κ3) is 1.26. The molecular weight excluding hydrogens is 180 g/mol. The van der Waals surface area contributed by atoms with E-state index in [1.165, 1.54) is 0 Å². The molecule has 0 aromatic carbocycles. The molecule has 14 heavy (non-hydrogen) atoms. The molecule has 0 heterocycles. The van der Waals surface area contributed by atoms with Gasteiger partial charge in [0.2, 0.25) is 0 Å². The Balaban J connectivity index is 2.22. The van der Waals surface area contributed by atoms with Crippen LogP contribution in [0.3, 0.4) is 0 Å². The van der Waals surface area contributed by atoms with Gasteiger partial charge in [0.05, 0.1) is 5.92 Å². The highest BCUT2D eigenvalue weighted by Crippen LogP contribution is 2.54. The molecular formula is C11H16O3. The predicted octanol–water partition coefficient (Wildman–Crippen LogP) is 1.86. The summed E-state index contributed by atoms with van der Waals surface area (Å²) in [5.41, 5.74) is -0.111. The van der Waals surface area contributed by atoms with Crippen molar-refractivity contribution in [3.8, 4) is 0 Å². The Kier molecular flexibility index (Phi) is 2.13. The first-order valence-electron chi connectivity index (χ1n) is 5.28. The number of carboxylic acid groups (broad SMARTS) is 1. The second-order valence-corrected chi connectivity index (χ2v) is 4.91. The summed E-state index contributed by atoms with van der Waals surface area (Å²) in [6.45, 7) is 2.05. The maximum absolute atomic E-state index is 11.3. The fourth-order valence-corrected chi connectivity index (χ4v) is 3.22. The van der Waals surface area contributed by atoms with Gasteiger partial charge in [-0.15, -0.1) is 0 Å². The molecule has 0 aliphatic heterocycles. The molecule has 3 heteroatoms. The Bertz CT molecular complexity index is 284. The predicted molar refractivity (Wildman–Crippen MR) is 50.8 cm³/mol. The molecule has 2 fully saturated rings. The van der Waals surface area contributed by atoms with Crippen molar-refractivity contribution in [3.63, 3.8) is 0 Å². The third-order valence-corrected chi connectivity index (χ3v) is 4.25. The summed E-state index contributed by atoms with van der Waals surface area (Å²) >= 11 is 0. The minimum absolute atomic E-state index is 0.111. The molecule has 2 aliphatic rings. The van der Waals surface area contributed by atoms with Gasteiger partial charge < -0.3 is 5.11 Å². The summed E-state index contributed by atoms with van der Waals surface area (Å²) in [6.07, 6.45) is 3.63. The van der Waals surface area contributed by atoms with Crippen LogP contribution in [0, 0.1) is 17.3 Å². The fraction of sp³-hybridized carbons (Fsp3) is 0.818. The van der Waals surface area contributed by atoms with Gasteiger partial charge in [-0.05, 0) is 30.6 Å². The highest BCUT2D eigenvalue weighted by molar-refractivity contribution is 5.81. The van der Waals surface area contributed by atoms with Crippen LogP contribution in [-0.4, -0.2) is 16.9 Å². The van der Waals surface area contributed by atoms with E-state index in [9.17, 15) is 9.59 Å². The van der Waals surface area contributed by atoms with Crippen LogP contribution in [0.4, 0.5) is 0 Å². The second-order valence-electron chi connectivity index (χ2n) is 4.91. The molecule has 0 radical (unpaired) electrons. The lowest BCUT2D eigenvalue weighted by molar-refractivity contribution is -0.147. The summed E-state index contributed by atoms with van der Waals surface area (Å²) in [7, 11) is 0. The number of carbonyl (C=O) groups excluding carboxylic acids is 1. The Morgan fingerprint density at radius 1 is 1.50 bits per heavy atom. The van der Waals surface area contributed by atoms with Gasteiger partial charge in [0, 0.05) is 12.8 Å². The van der Waals surface area contributed by atoms with Gasteiger partial charge in [-0.25, -0.2) is 0 Å².